The van der Waals surface area contributed by atoms with Gasteiger partial charge in [-0.15, -0.1) is 0 Å². The molecule has 1 aromatic rings. The molecule has 0 aromatic heterocycles. The van der Waals surface area contributed by atoms with E-state index in [1.165, 1.54) is 6.42 Å². The topological polar surface area (TPSA) is 75.3 Å². The molecule has 4 rings (SSSR count). The summed E-state index contributed by atoms with van der Waals surface area (Å²) in [6.45, 7) is 1.64. The first-order valence-corrected chi connectivity index (χ1v) is 10.0. The van der Waals surface area contributed by atoms with Gasteiger partial charge in [-0.05, 0) is 49.4 Å². The summed E-state index contributed by atoms with van der Waals surface area (Å²) < 4.78 is 24.1. The average Bonchev–Trinajstić information content (AvgIpc) is 3.10. The fraction of sp³-hybridized carbons (Fsp3) is 0.588. The number of anilines is 1. The van der Waals surface area contributed by atoms with Gasteiger partial charge in [-0.25, -0.2) is 8.42 Å². The number of amides is 1. The average molecular weight is 334 g/mol. The minimum absolute atomic E-state index is 0.0440. The van der Waals surface area contributed by atoms with E-state index in [-0.39, 0.29) is 17.1 Å². The van der Waals surface area contributed by atoms with Gasteiger partial charge < -0.3 is 10.6 Å². The Balaban J connectivity index is 1.60. The van der Waals surface area contributed by atoms with Crippen LogP contribution in [-0.4, -0.2) is 33.2 Å². The van der Waals surface area contributed by atoms with Crippen LogP contribution in [-0.2, 0) is 21.1 Å². The van der Waals surface area contributed by atoms with Gasteiger partial charge in [0, 0.05) is 12.2 Å². The number of rotatable bonds is 2. The largest absolute Gasteiger partial charge is 0.326 e. The van der Waals surface area contributed by atoms with Crippen LogP contribution in [0.3, 0.4) is 0 Å². The van der Waals surface area contributed by atoms with Crippen molar-refractivity contribution >= 4 is 21.4 Å². The molecule has 1 aliphatic carbocycles. The fourth-order valence-corrected chi connectivity index (χ4v) is 6.01. The summed E-state index contributed by atoms with van der Waals surface area (Å²) >= 11 is 0. The smallest absolute Gasteiger partial charge is 0.232 e. The zero-order valence-electron chi connectivity index (χ0n) is 13.1. The quantitative estimate of drug-likeness (QED) is 0.864. The first-order chi connectivity index (χ1) is 11.0. The number of hydrogen-bond acceptors (Lipinski definition) is 4. The molecule has 1 saturated carbocycles. The van der Waals surface area contributed by atoms with Gasteiger partial charge in [-0.1, -0.05) is 18.9 Å². The van der Waals surface area contributed by atoms with E-state index in [1.54, 1.807) is 6.07 Å². The molecule has 5 nitrogen and oxygen atoms in total. The van der Waals surface area contributed by atoms with Crippen LogP contribution in [0.5, 0.6) is 0 Å². The van der Waals surface area contributed by atoms with Crippen molar-refractivity contribution in [3.63, 3.8) is 0 Å². The highest BCUT2D eigenvalue weighted by Crippen LogP contribution is 2.44. The van der Waals surface area contributed by atoms with Crippen LogP contribution in [0.1, 0.15) is 31.2 Å². The molecule has 0 radical (unpaired) electrons. The van der Waals surface area contributed by atoms with Crippen molar-refractivity contribution in [3.05, 3.63) is 23.8 Å². The van der Waals surface area contributed by atoms with Crippen LogP contribution in [0, 0.1) is 11.3 Å². The summed E-state index contributed by atoms with van der Waals surface area (Å²) in [5.41, 5.74) is 1.14. The predicted molar refractivity (Wildman–Crippen MR) is 88.1 cm³/mol. The van der Waals surface area contributed by atoms with Crippen LogP contribution in [0.25, 0.3) is 0 Å². The van der Waals surface area contributed by atoms with Crippen molar-refractivity contribution in [1.82, 2.24) is 5.32 Å². The standard InChI is InChI=1S/C17H22N2O3S/c20-16(17-7-2-1-3-13(17)10-18-11-17)19-14-5-4-12-6-8-23(21,22)15(12)9-14/h4-5,9,13,18H,1-3,6-8,10-11H2,(H,19,20)/t13-,17+/m0/s1. The second-order valence-corrected chi connectivity index (χ2v) is 9.15. The molecular weight excluding hydrogens is 312 g/mol. The van der Waals surface area contributed by atoms with E-state index in [0.717, 1.165) is 37.9 Å². The van der Waals surface area contributed by atoms with Crippen LogP contribution in [0.2, 0.25) is 0 Å². The number of aryl methyl sites for hydroxylation is 1. The molecule has 3 aliphatic rings. The maximum absolute atomic E-state index is 12.9. The monoisotopic (exact) mass is 334 g/mol. The maximum Gasteiger partial charge on any atom is 0.232 e. The van der Waals surface area contributed by atoms with E-state index in [4.69, 9.17) is 0 Å². The van der Waals surface area contributed by atoms with Gasteiger partial charge >= 0.3 is 0 Å². The third-order valence-electron chi connectivity index (χ3n) is 5.79. The van der Waals surface area contributed by atoms with Gasteiger partial charge in [-0.2, -0.15) is 0 Å². The third-order valence-corrected chi connectivity index (χ3v) is 7.58. The lowest BCUT2D eigenvalue weighted by Crippen LogP contribution is -2.44. The molecule has 2 N–H and O–H groups in total. The van der Waals surface area contributed by atoms with Gasteiger partial charge in [-0.3, -0.25) is 4.79 Å². The van der Waals surface area contributed by atoms with Crippen molar-refractivity contribution in [3.8, 4) is 0 Å². The Hall–Kier alpha value is -1.40. The van der Waals surface area contributed by atoms with Crippen LogP contribution in [0.15, 0.2) is 23.1 Å². The molecule has 1 amide bonds. The number of sulfone groups is 1. The number of carbonyl (C=O) groups is 1. The summed E-state index contributed by atoms with van der Waals surface area (Å²) in [5.74, 6) is 0.618. The highest BCUT2D eigenvalue weighted by Gasteiger charge is 2.49. The van der Waals surface area contributed by atoms with Crippen molar-refractivity contribution in [2.45, 2.75) is 37.0 Å². The highest BCUT2D eigenvalue weighted by molar-refractivity contribution is 7.91. The number of benzene rings is 1. The fourth-order valence-electron chi connectivity index (χ4n) is 4.43. The lowest BCUT2D eigenvalue weighted by Gasteiger charge is -2.37. The first-order valence-electron chi connectivity index (χ1n) is 8.39. The van der Waals surface area contributed by atoms with Crippen molar-refractivity contribution in [2.24, 2.45) is 11.3 Å². The van der Waals surface area contributed by atoms with Gasteiger partial charge in [0.05, 0.1) is 16.1 Å². The van der Waals surface area contributed by atoms with Gasteiger partial charge in [0.1, 0.15) is 0 Å². The summed E-state index contributed by atoms with van der Waals surface area (Å²) in [7, 11) is -3.17. The molecule has 0 spiro atoms. The molecule has 124 valence electrons. The molecule has 6 heteroatoms. The molecule has 2 fully saturated rings. The Morgan fingerprint density at radius 3 is 3.04 bits per heavy atom. The van der Waals surface area contributed by atoms with Crippen LogP contribution < -0.4 is 10.6 Å². The van der Waals surface area contributed by atoms with Crippen molar-refractivity contribution < 1.29 is 13.2 Å². The molecule has 0 unspecified atom stereocenters. The van der Waals surface area contributed by atoms with E-state index in [2.05, 4.69) is 10.6 Å². The minimum Gasteiger partial charge on any atom is -0.326 e. The molecule has 1 aromatic carbocycles. The Bertz CT molecular complexity index is 759. The number of hydrogen-bond donors (Lipinski definition) is 2. The number of fused-ring (bicyclic) bond motifs is 2. The van der Waals surface area contributed by atoms with E-state index in [0.29, 0.717) is 22.9 Å². The van der Waals surface area contributed by atoms with E-state index in [9.17, 15) is 13.2 Å². The minimum atomic E-state index is -3.17. The van der Waals surface area contributed by atoms with Crippen molar-refractivity contribution in [1.29, 1.82) is 0 Å². The van der Waals surface area contributed by atoms with Crippen LogP contribution >= 0.6 is 0 Å². The maximum atomic E-state index is 12.9. The Labute approximate surface area is 136 Å². The highest BCUT2D eigenvalue weighted by atomic mass is 32.2. The zero-order chi connectivity index (χ0) is 16.1. The molecule has 2 heterocycles. The molecule has 23 heavy (non-hydrogen) atoms. The molecular formula is C17H22N2O3S. The zero-order valence-corrected chi connectivity index (χ0v) is 13.9. The molecule has 0 bridgehead atoms. The predicted octanol–water partition coefficient (Wildman–Crippen LogP) is 1.73. The second-order valence-electron chi connectivity index (χ2n) is 7.08. The summed E-state index contributed by atoms with van der Waals surface area (Å²) in [6, 6.07) is 5.29. The molecule has 1 saturated heterocycles. The SMILES string of the molecule is O=C(Nc1ccc2c(c1)S(=O)(=O)CC2)[C@@]12CCCC[C@H]1CNC2. The second kappa shape index (κ2) is 5.31. The van der Waals surface area contributed by atoms with Crippen molar-refractivity contribution in [2.75, 3.05) is 24.2 Å². The molecule has 2 atom stereocenters. The normalized spacial score (nSPS) is 31.4. The third kappa shape index (κ3) is 2.39. The summed E-state index contributed by atoms with van der Waals surface area (Å²) in [4.78, 5) is 13.3. The number of carbonyl (C=O) groups excluding carboxylic acids is 1. The van der Waals surface area contributed by atoms with Gasteiger partial charge in [0.15, 0.2) is 9.84 Å². The van der Waals surface area contributed by atoms with Crippen LogP contribution in [0.4, 0.5) is 5.69 Å². The summed E-state index contributed by atoms with van der Waals surface area (Å²) in [6.07, 6.45) is 4.86. The van der Waals surface area contributed by atoms with E-state index >= 15 is 0 Å². The van der Waals surface area contributed by atoms with E-state index < -0.39 is 9.84 Å². The Morgan fingerprint density at radius 1 is 1.30 bits per heavy atom. The first kappa shape index (κ1) is 15.1. The number of nitrogens with one attached hydrogen (secondary N) is 2. The Kier molecular flexibility index (Phi) is 3.50. The van der Waals surface area contributed by atoms with E-state index in [1.807, 2.05) is 12.1 Å². The lowest BCUT2D eigenvalue weighted by atomic mass is 9.67. The molecule has 2 aliphatic heterocycles. The lowest BCUT2D eigenvalue weighted by molar-refractivity contribution is -0.128. The van der Waals surface area contributed by atoms with Gasteiger partial charge in [0.25, 0.3) is 0 Å². The van der Waals surface area contributed by atoms with Gasteiger partial charge in [0.2, 0.25) is 5.91 Å². The summed E-state index contributed by atoms with van der Waals surface area (Å²) in [5, 5.41) is 6.37. The Morgan fingerprint density at radius 2 is 2.17 bits per heavy atom.